The number of hydrogen-bond acceptors (Lipinski definition) is 6. The van der Waals surface area contributed by atoms with Crippen LogP contribution in [0.5, 0.6) is 0 Å². The third kappa shape index (κ3) is 3.73. The van der Waals surface area contributed by atoms with E-state index in [1.165, 1.54) is 18.5 Å². The summed E-state index contributed by atoms with van der Waals surface area (Å²) in [5.74, 6) is 0.987. The predicted molar refractivity (Wildman–Crippen MR) is 100 cm³/mol. The van der Waals surface area contributed by atoms with Crippen molar-refractivity contribution in [1.29, 1.82) is 0 Å². The Kier molecular flexibility index (Phi) is 5.17. The van der Waals surface area contributed by atoms with Crippen LogP contribution in [0.3, 0.4) is 0 Å². The molecule has 1 N–H and O–H groups in total. The molecule has 140 valence electrons. The summed E-state index contributed by atoms with van der Waals surface area (Å²) in [5.41, 5.74) is 3.52. The molecule has 7 heteroatoms. The minimum absolute atomic E-state index is 0.247. The number of nitrogens with zero attached hydrogens (tertiary/aromatic N) is 5. The Hall–Kier alpha value is -1.99. The molecule has 2 aliphatic heterocycles. The van der Waals surface area contributed by atoms with Crippen molar-refractivity contribution in [2.75, 3.05) is 25.1 Å². The van der Waals surface area contributed by atoms with Crippen molar-refractivity contribution in [3.63, 3.8) is 0 Å². The second-order valence-electron chi connectivity index (χ2n) is 7.36. The molecule has 4 rings (SSSR count). The number of ether oxygens (including phenoxy) is 1. The first kappa shape index (κ1) is 17.4. The molecule has 0 unspecified atom stereocenters. The average molecular weight is 356 g/mol. The summed E-state index contributed by atoms with van der Waals surface area (Å²) in [6.45, 7) is 5.64. The highest BCUT2D eigenvalue weighted by Gasteiger charge is 2.32. The van der Waals surface area contributed by atoms with E-state index in [1.54, 1.807) is 13.4 Å². The molecule has 2 aliphatic rings. The van der Waals surface area contributed by atoms with Crippen LogP contribution < -0.4 is 10.2 Å². The lowest BCUT2D eigenvalue weighted by Gasteiger charge is -2.25. The molecule has 0 spiro atoms. The number of hydrogen-bond donors (Lipinski definition) is 1. The van der Waals surface area contributed by atoms with Gasteiger partial charge in [0.05, 0.1) is 11.8 Å². The standard InChI is InChI=1S/C19H28N6O/c1-14-7-19(22-13-21-14)24-12-18(26-2)9-17(24)11-20-10-15-8-16-5-3-4-6-25(16)23-15/h7-8,13,17-18,20H,3-6,9-12H2,1-2H3/t17-,18-/m0/s1. The fraction of sp³-hybridized carbons (Fsp3) is 0.632. The second kappa shape index (κ2) is 7.72. The van der Waals surface area contributed by atoms with Gasteiger partial charge in [0, 0.05) is 56.8 Å². The van der Waals surface area contributed by atoms with Gasteiger partial charge in [-0.2, -0.15) is 5.10 Å². The van der Waals surface area contributed by atoms with Gasteiger partial charge in [-0.15, -0.1) is 0 Å². The number of fused-ring (bicyclic) bond motifs is 1. The maximum atomic E-state index is 5.61. The molecule has 7 nitrogen and oxygen atoms in total. The van der Waals surface area contributed by atoms with Gasteiger partial charge in [0.25, 0.3) is 0 Å². The summed E-state index contributed by atoms with van der Waals surface area (Å²) < 4.78 is 7.79. The highest BCUT2D eigenvalue weighted by atomic mass is 16.5. The maximum absolute atomic E-state index is 5.61. The van der Waals surface area contributed by atoms with Crippen LogP contribution in [0, 0.1) is 6.92 Å². The second-order valence-corrected chi connectivity index (χ2v) is 7.36. The Morgan fingerprint density at radius 1 is 1.27 bits per heavy atom. The van der Waals surface area contributed by atoms with Crippen LogP contribution in [0.4, 0.5) is 5.82 Å². The van der Waals surface area contributed by atoms with Crippen molar-refractivity contribution in [3.05, 3.63) is 35.5 Å². The van der Waals surface area contributed by atoms with Gasteiger partial charge in [-0.05, 0) is 38.7 Å². The van der Waals surface area contributed by atoms with Crippen molar-refractivity contribution in [2.45, 2.75) is 57.8 Å². The summed E-state index contributed by atoms with van der Waals surface area (Å²) in [6.07, 6.45) is 6.59. The van der Waals surface area contributed by atoms with Gasteiger partial charge >= 0.3 is 0 Å². The lowest BCUT2D eigenvalue weighted by molar-refractivity contribution is 0.118. The van der Waals surface area contributed by atoms with E-state index >= 15 is 0 Å². The topological polar surface area (TPSA) is 68.1 Å². The number of nitrogens with one attached hydrogen (secondary N) is 1. The van der Waals surface area contributed by atoms with Crippen LogP contribution in [-0.4, -0.2) is 52.1 Å². The van der Waals surface area contributed by atoms with E-state index < -0.39 is 0 Å². The van der Waals surface area contributed by atoms with E-state index in [9.17, 15) is 0 Å². The first-order chi connectivity index (χ1) is 12.7. The van der Waals surface area contributed by atoms with Crippen LogP contribution in [-0.2, 0) is 24.2 Å². The van der Waals surface area contributed by atoms with Crippen LogP contribution >= 0.6 is 0 Å². The van der Waals surface area contributed by atoms with Crippen molar-refractivity contribution in [3.8, 4) is 0 Å². The first-order valence-corrected chi connectivity index (χ1v) is 9.57. The Morgan fingerprint density at radius 3 is 3.00 bits per heavy atom. The van der Waals surface area contributed by atoms with Gasteiger partial charge in [0.1, 0.15) is 12.1 Å². The van der Waals surface area contributed by atoms with E-state index in [0.717, 1.165) is 56.2 Å². The number of methoxy groups -OCH3 is 1. The Labute approximate surface area is 154 Å². The van der Waals surface area contributed by atoms with Crippen LogP contribution in [0.15, 0.2) is 18.5 Å². The molecule has 4 heterocycles. The van der Waals surface area contributed by atoms with E-state index in [-0.39, 0.29) is 6.10 Å². The van der Waals surface area contributed by atoms with Crippen molar-refractivity contribution >= 4 is 5.82 Å². The zero-order valence-corrected chi connectivity index (χ0v) is 15.7. The summed E-state index contributed by atoms with van der Waals surface area (Å²) >= 11 is 0. The Balaban J connectivity index is 1.38. The molecule has 26 heavy (non-hydrogen) atoms. The highest BCUT2D eigenvalue weighted by molar-refractivity contribution is 5.42. The molecule has 2 aromatic rings. The molecule has 2 aromatic heterocycles. The zero-order valence-electron chi connectivity index (χ0n) is 15.7. The first-order valence-electron chi connectivity index (χ1n) is 9.57. The summed E-state index contributed by atoms with van der Waals surface area (Å²) in [6, 6.07) is 4.67. The molecule has 1 saturated heterocycles. The summed E-state index contributed by atoms with van der Waals surface area (Å²) in [7, 11) is 1.79. The van der Waals surface area contributed by atoms with E-state index in [4.69, 9.17) is 9.84 Å². The van der Waals surface area contributed by atoms with E-state index in [2.05, 4.69) is 37.0 Å². The lowest BCUT2D eigenvalue weighted by atomic mass is 10.1. The molecule has 0 aromatic carbocycles. The third-order valence-electron chi connectivity index (χ3n) is 5.45. The van der Waals surface area contributed by atoms with Crippen molar-refractivity contribution < 1.29 is 4.74 Å². The highest BCUT2D eigenvalue weighted by Crippen LogP contribution is 2.25. The predicted octanol–water partition coefficient (Wildman–Crippen LogP) is 1.70. The molecule has 0 amide bonds. The fourth-order valence-electron chi connectivity index (χ4n) is 4.05. The molecule has 0 saturated carbocycles. The number of aryl methyl sites for hydroxylation is 3. The van der Waals surface area contributed by atoms with Gasteiger partial charge in [0.2, 0.25) is 0 Å². The minimum Gasteiger partial charge on any atom is -0.380 e. The number of aromatic nitrogens is 4. The molecular formula is C19H28N6O. The maximum Gasteiger partial charge on any atom is 0.132 e. The van der Waals surface area contributed by atoms with Crippen LogP contribution in [0.25, 0.3) is 0 Å². The van der Waals surface area contributed by atoms with Crippen molar-refractivity contribution in [2.24, 2.45) is 0 Å². The zero-order chi connectivity index (χ0) is 17.9. The summed E-state index contributed by atoms with van der Waals surface area (Å²) in [5, 5.41) is 8.33. The average Bonchev–Trinajstić information content (AvgIpc) is 3.25. The summed E-state index contributed by atoms with van der Waals surface area (Å²) in [4.78, 5) is 11.0. The monoisotopic (exact) mass is 356 g/mol. The van der Waals surface area contributed by atoms with Gasteiger partial charge in [-0.3, -0.25) is 4.68 Å². The fourth-order valence-corrected chi connectivity index (χ4v) is 4.05. The largest absolute Gasteiger partial charge is 0.380 e. The number of rotatable bonds is 6. The van der Waals surface area contributed by atoms with E-state index in [1.807, 2.05) is 6.92 Å². The van der Waals surface area contributed by atoms with Gasteiger partial charge in [-0.25, -0.2) is 9.97 Å². The normalized spacial score (nSPS) is 22.6. The molecular weight excluding hydrogens is 328 g/mol. The quantitative estimate of drug-likeness (QED) is 0.850. The number of anilines is 1. The van der Waals surface area contributed by atoms with Crippen molar-refractivity contribution in [1.82, 2.24) is 25.1 Å². The smallest absolute Gasteiger partial charge is 0.132 e. The molecule has 1 fully saturated rings. The third-order valence-corrected chi connectivity index (χ3v) is 5.45. The van der Waals surface area contributed by atoms with Gasteiger partial charge in [-0.1, -0.05) is 0 Å². The Bertz CT molecular complexity index is 722. The van der Waals surface area contributed by atoms with E-state index in [0.29, 0.717) is 6.04 Å². The minimum atomic E-state index is 0.247. The molecule has 0 radical (unpaired) electrons. The SMILES string of the molecule is CO[C@H]1C[C@@H](CNCc2cc3n(n2)CCCC3)N(c2cc(C)ncn2)C1. The van der Waals surface area contributed by atoms with Gasteiger partial charge < -0.3 is 15.0 Å². The molecule has 0 bridgehead atoms. The van der Waals surface area contributed by atoms with Crippen LogP contribution in [0.1, 0.15) is 36.3 Å². The Morgan fingerprint density at radius 2 is 2.19 bits per heavy atom. The van der Waals surface area contributed by atoms with Gasteiger partial charge in [0.15, 0.2) is 0 Å². The van der Waals surface area contributed by atoms with Crippen LogP contribution in [0.2, 0.25) is 0 Å². The lowest BCUT2D eigenvalue weighted by Crippen LogP contribution is -2.38. The molecule has 2 atom stereocenters. The molecule has 0 aliphatic carbocycles.